The van der Waals surface area contributed by atoms with E-state index in [1.165, 1.54) is 14.2 Å². The molecule has 1 N–H and O–H groups in total. The zero-order chi connectivity index (χ0) is 21.4. The number of hydrogen-bond donors (Lipinski definition) is 1. The molecule has 30 heavy (non-hydrogen) atoms. The van der Waals surface area contributed by atoms with Crippen molar-refractivity contribution < 1.29 is 33.4 Å². The number of nitrogens with zero attached hydrogens (tertiary/aromatic N) is 1. The number of likely N-dealkylation sites (tertiary alicyclic amines) is 1. The minimum absolute atomic E-state index is 0.0720. The molecule has 0 spiro atoms. The molecule has 1 saturated heterocycles. The number of carbonyl (C=O) groups is 4. The first kappa shape index (κ1) is 19.9. The highest BCUT2D eigenvalue weighted by Crippen LogP contribution is 2.52. The molecule has 1 saturated carbocycles. The quantitative estimate of drug-likeness (QED) is 0.402. The summed E-state index contributed by atoms with van der Waals surface area (Å²) in [6.07, 6.45) is 4.79. The van der Waals surface area contributed by atoms with E-state index in [1.54, 1.807) is 18.2 Å². The van der Waals surface area contributed by atoms with E-state index in [1.807, 2.05) is 12.2 Å². The lowest BCUT2D eigenvalue weighted by molar-refractivity contribution is -0.154. The highest BCUT2D eigenvalue weighted by Gasteiger charge is 2.59. The van der Waals surface area contributed by atoms with Crippen LogP contribution in [0.15, 0.2) is 30.4 Å². The number of ether oxygens (including phenoxy) is 3. The molecule has 0 aromatic heterocycles. The molecule has 9 heteroatoms. The Bertz CT molecular complexity index is 911. The van der Waals surface area contributed by atoms with Crippen LogP contribution in [0.3, 0.4) is 0 Å². The van der Waals surface area contributed by atoms with Crippen molar-refractivity contribution in [2.24, 2.45) is 23.7 Å². The summed E-state index contributed by atoms with van der Waals surface area (Å²) in [6.45, 7) is -1.03. The van der Waals surface area contributed by atoms with Crippen molar-refractivity contribution in [3.05, 3.63) is 30.4 Å². The predicted molar refractivity (Wildman–Crippen MR) is 104 cm³/mol. The largest absolute Gasteiger partial charge is 0.497 e. The maximum absolute atomic E-state index is 12.6. The number of anilines is 1. The summed E-state index contributed by atoms with van der Waals surface area (Å²) in [7, 11) is 2.96. The second kappa shape index (κ2) is 7.81. The molecular weight excluding hydrogens is 392 g/mol. The van der Waals surface area contributed by atoms with Crippen LogP contribution in [0.2, 0.25) is 0 Å². The van der Waals surface area contributed by atoms with Gasteiger partial charge >= 0.3 is 5.97 Å². The maximum atomic E-state index is 12.6. The molecule has 2 fully saturated rings. The topological polar surface area (TPSA) is 111 Å². The number of nitrogens with one attached hydrogen (secondary N) is 1. The second-order valence-electron chi connectivity index (χ2n) is 7.54. The average Bonchev–Trinajstić information content (AvgIpc) is 3.42. The normalized spacial score (nSPS) is 26.0. The van der Waals surface area contributed by atoms with Crippen molar-refractivity contribution in [1.29, 1.82) is 0 Å². The van der Waals surface area contributed by atoms with Gasteiger partial charge in [-0.25, -0.2) is 0 Å². The fourth-order valence-electron chi connectivity index (χ4n) is 4.53. The van der Waals surface area contributed by atoms with Gasteiger partial charge in [-0.05, 0) is 30.4 Å². The minimum atomic E-state index is -0.811. The van der Waals surface area contributed by atoms with Gasteiger partial charge in [0.25, 0.3) is 5.91 Å². The molecular formula is C21H22N2O7. The lowest BCUT2D eigenvalue weighted by atomic mass is 9.85. The highest BCUT2D eigenvalue weighted by molar-refractivity contribution is 6.08. The fourth-order valence-corrected chi connectivity index (χ4v) is 4.53. The van der Waals surface area contributed by atoms with Crippen LogP contribution in [0.1, 0.15) is 6.42 Å². The molecule has 3 aliphatic rings. The standard InChI is InChI=1S/C21H22N2O7/c1-28-13-5-6-14(15(8-13)29-2)22-16(24)10-30-17(25)9-23-20(26)18-11-3-4-12(7-11)19(18)21(23)27/h3-6,8,11-12,18-19H,7,9-10H2,1-2H3,(H,22,24)/t11-,12-,18-,19+/m0/s1. The zero-order valence-electron chi connectivity index (χ0n) is 16.6. The summed E-state index contributed by atoms with van der Waals surface area (Å²) in [5, 5.41) is 2.58. The Balaban J connectivity index is 1.30. The molecule has 4 atom stereocenters. The van der Waals surface area contributed by atoms with E-state index < -0.39 is 25.0 Å². The van der Waals surface area contributed by atoms with Crippen molar-refractivity contribution in [3.63, 3.8) is 0 Å². The summed E-state index contributed by atoms with van der Waals surface area (Å²) in [5.41, 5.74) is 0.389. The van der Waals surface area contributed by atoms with E-state index in [4.69, 9.17) is 14.2 Å². The molecule has 2 aliphatic carbocycles. The third-order valence-corrected chi connectivity index (χ3v) is 5.90. The van der Waals surface area contributed by atoms with Gasteiger partial charge in [0.15, 0.2) is 6.61 Å². The van der Waals surface area contributed by atoms with Crippen LogP contribution in [0.5, 0.6) is 11.5 Å². The molecule has 1 aliphatic heterocycles. The summed E-state index contributed by atoms with van der Waals surface area (Å²) < 4.78 is 15.3. The minimum Gasteiger partial charge on any atom is -0.497 e. The molecule has 3 amide bonds. The molecule has 1 aromatic carbocycles. The van der Waals surface area contributed by atoms with Gasteiger partial charge in [-0.3, -0.25) is 24.1 Å². The van der Waals surface area contributed by atoms with E-state index in [0.717, 1.165) is 11.3 Å². The van der Waals surface area contributed by atoms with Gasteiger partial charge in [-0.2, -0.15) is 0 Å². The van der Waals surface area contributed by atoms with E-state index in [-0.39, 0.29) is 35.5 Å². The summed E-state index contributed by atoms with van der Waals surface area (Å²) in [5.74, 6) is -1.69. The molecule has 0 radical (unpaired) electrons. The Hall–Kier alpha value is -3.36. The molecule has 1 aromatic rings. The molecule has 4 rings (SSSR count). The smallest absolute Gasteiger partial charge is 0.326 e. The van der Waals surface area contributed by atoms with Gasteiger partial charge in [0, 0.05) is 6.07 Å². The summed E-state index contributed by atoms with van der Waals surface area (Å²) >= 11 is 0. The summed E-state index contributed by atoms with van der Waals surface area (Å²) in [6, 6.07) is 4.85. The Morgan fingerprint density at radius 2 is 1.73 bits per heavy atom. The monoisotopic (exact) mass is 414 g/mol. The Labute approximate surface area is 172 Å². The number of amides is 3. The Kier molecular flexibility index (Phi) is 5.19. The average molecular weight is 414 g/mol. The van der Waals surface area contributed by atoms with Crippen molar-refractivity contribution in [3.8, 4) is 11.5 Å². The number of rotatable bonds is 7. The van der Waals surface area contributed by atoms with Crippen molar-refractivity contribution in [2.45, 2.75) is 6.42 Å². The van der Waals surface area contributed by atoms with Crippen LogP contribution in [0.4, 0.5) is 5.69 Å². The van der Waals surface area contributed by atoms with E-state index >= 15 is 0 Å². The van der Waals surface area contributed by atoms with Crippen molar-refractivity contribution in [1.82, 2.24) is 4.90 Å². The van der Waals surface area contributed by atoms with E-state index in [9.17, 15) is 19.2 Å². The zero-order valence-corrected chi connectivity index (χ0v) is 16.6. The first-order valence-electron chi connectivity index (χ1n) is 9.64. The molecule has 9 nitrogen and oxygen atoms in total. The van der Waals surface area contributed by atoms with Crippen LogP contribution in [0.25, 0.3) is 0 Å². The lowest BCUT2D eigenvalue weighted by Gasteiger charge is -2.16. The van der Waals surface area contributed by atoms with Crippen molar-refractivity contribution in [2.75, 3.05) is 32.7 Å². The van der Waals surface area contributed by atoms with Gasteiger partial charge < -0.3 is 19.5 Å². The van der Waals surface area contributed by atoms with Crippen LogP contribution < -0.4 is 14.8 Å². The molecule has 158 valence electrons. The number of hydrogen-bond acceptors (Lipinski definition) is 7. The fraction of sp³-hybridized carbons (Fsp3) is 0.429. The van der Waals surface area contributed by atoms with Crippen molar-refractivity contribution >= 4 is 29.4 Å². The number of carbonyl (C=O) groups excluding carboxylic acids is 4. The maximum Gasteiger partial charge on any atom is 0.326 e. The van der Waals surface area contributed by atoms with Gasteiger partial charge in [0.05, 0.1) is 31.7 Å². The lowest BCUT2D eigenvalue weighted by Crippen LogP contribution is -2.38. The molecule has 1 heterocycles. The number of benzene rings is 1. The highest BCUT2D eigenvalue weighted by atomic mass is 16.5. The van der Waals surface area contributed by atoms with Gasteiger partial charge in [0.2, 0.25) is 11.8 Å². The third kappa shape index (κ3) is 3.40. The van der Waals surface area contributed by atoms with Crippen LogP contribution in [-0.4, -0.2) is 56.0 Å². The van der Waals surface area contributed by atoms with Crippen LogP contribution in [0, 0.1) is 23.7 Å². The number of allylic oxidation sites excluding steroid dienone is 2. The van der Waals surface area contributed by atoms with E-state index in [2.05, 4.69) is 5.32 Å². The van der Waals surface area contributed by atoms with Crippen LogP contribution in [-0.2, 0) is 23.9 Å². The number of methoxy groups -OCH3 is 2. The Morgan fingerprint density at radius 1 is 1.07 bits per heavy atom. The first-order valence-corrected chi connectivity index (χ1v) is 9.64. The number of esters is 1. The number of imide groups is 1. The molecule has 2 bridgehead atoms. The van der Waals surface area contributed by atoms with E-state index in [0.29, 0.717) is 17.2 Å². The predicted octanol–water partition coefficient (Wildman–Crippen LogP) is 0.993. The number of fused-ring (bicyclic) bond motifs is 5. The molecule has 0 unspecified atom stereocenters. The van der Waals surface area contributed by atoms with Gasteiger partial charge in [-0.15, -0.1) is 0 Å². The second-order valence-corrected chi connectivity index (χ2v) is 7.54. The first-order chi connectivity index (χ1) is 14.4. The van der Waals surface area contributed by atoms with Crippen LogP contribution >= 0.6 is 0 Å². The SMILES string of the molecule is COc1ccc(NC(=O)COC(=O)CN2C(=O)[C@@H]3[C@H](C2=O)[C@H]2C=C[C@H]3C2)c(OC)c1. The van der Waals surface area contributed by atoms with Gasteiger partial charge in [0.1, 0.15) is 18.0 Å². The summed E-state index contributed by atoms with van der Waals surface area (Å²) in [4.78, 5) is 50.4. The Morgan fingerprint density at radius 3 is 2.33 bits per heavy atom. The third-order valence-electron chi connectivity index (χ3n) is 5.90. The van der Waals surface area contributed by atoms with Gasteiger partial charge in [-0.1, -0.05) is 12.2 Å².